The third kappa shape index (κ3) is 3.92. The highest BCUT2D eigenvalue weighted by molar-refractivity contribution is 5.74. The third-order valence-corrected chi connectivity index (χ3v) is 4.12. The maximum absolute atomic E-state index is 11.7. The van der Waals surface area contributed by atoms with Crippen LogP contribution >= 0.6 is 0 Å². The Kier molecular flexibility index (Phi) is 5.20. The van der Waals surface area contributed by atoms with Gasteiger partial charge in [-0.05, 0) is 18.6 Å². The highest BCUT2D eigenvalue weighted by atomic mass is 16.3. The van der Waals surface area contributed by atoms with Crippen molar-refractivity contribution in [3.63, 3.8) is 0 Å². The maximum atomic E-state index is 11.7. The first-order valence-corrected chi connectivity index (χ1v) is 8.18. The second kappa shape index (κ2) is 7.54. The summed E-state index contributed by atoms with van der Waals surface area (Å²) in [5.41, 5.74) is 2.34. The lowest BCUT2D eigenvalue weighted by atomic mass is 10.0. The molecule has 8 heteroatoms. The first-order chi connectivity index (χ1) is 12.1. The number of anilines is 1. The molecule has 1 amide bonds. The van der Waals surface area contributed by atoms with E-state index in [0.29, 0.717) is 36.8 Å². The van der Waals surface area contributed by atoms with Crippen LogP contribution in [-0.4, -0.2) is 61.8 Å². The van der Waals surface area contributed by atoms with Crippen molar-refractivity contribution in [2.24, 2.45) is 0 Å². The van der Waals surface area contributed by atoms with Crippen molar-refractivity contribution in [2.75, 3.05) is 25.0 Å². The average molecular weight is 343 g/mol. The largest absolute Gasteiger partial charge is 0.394 e. The SMILES string of the molecule is CC(=O)N1CCc2c(nc(-c3ccccn3)nc2NC[C@H](O)CO)C1. The Hall–Kier alpha value is -2.58. The van der Waals surface area contributed by atoms with Crippen molar-refractivity contribution in [1.29, 1.82) is 0 Å². The molecule has 0 aromatic carbocycles. The van der Waals surface area contributed by atoms with Crippen LogP contribution in [0.4, 0.5) is 5.82 Å². The molecule has 132 valence electrons. The lowest BCUT2D eigenvalue weighted by Gasteiger charge is -2.28. The predicted molar refractivity (Wildman–Crippen MR) is 91.6 cm³/mol. The van der Waals surface area contributed by atoms with E-state index in [2.05, 4.69) is 20.3 Å². The van der Waals surface area contributed by atoms with Gasteiger partial charge in [0.25, 0.3) is 0 Å². The Balaban J connectivity index is 1.98. The van der Waals surface area contributed by atoms with Gasteiger partial charge in [-0.1, -0.05) is 6.07 Å². The van der Waals surface area contributed by atoms with Gasteiger partial charge in [0.05, 0.1) is 24.9 Å². The number of aromatic nitrogens is 3. The van der Waals surface area contributed by atoms with Crippen LogP contribution in [0.15, 0.2) is 24.4 Å². The van der Waals surface area contributed by atoms with Crippen LogP contribution in [0.2, 0.25) is 0 Å². The van der Waals surface area contributed by atoms with Crippen molar-refractivity contribution in [1.82, 2.24) is 19.9 Å². The van der Waals surface area contributed by atoms with Gasteiger partial charge >= 0.3 is 0 Å². The summed E-state index contributed by atoms with van der Waals surface area (Å²) in [6.45, 7) is 2.42. The minimum atomic E-state index is -0.874. The fourth-order valence-electron chi connectivity index (χ4n) is 2.73. The molecule has 0 saturated carbocycles. The zero-order valence-electron chi connectivity index (χ0n) is 14.0. The standard InChI is InChI=1S/C17H21N5O3/c1-11(24)22-7-5-13-15(9-22)20-17(14-4-2-3-6-18-14)21-16(13)19-8-12(25)10-23/h2-4,6,12,23,25H,5,7-10H2,1H3,(H,19,20,21)/t12-/m0/s1. The first-order valence-electron chi connectivity index (χ1n) is 8.18. The predicted octanol–water partition coefficient (Wildman–Crippen LogP) is 0.208. The van der Waals surface area contributed by atoms with Gasteiger partial charge in [0, 0.05) is 31.8 Å². The Bertz CT molecular complexity index is 753. The van der Waals surface area contributed by atoms with Crippen LogP contribution in [0, 0.1) is 0 Å². The molecule has 25 heavy (non-hydrogen) atoms. The molecule has 1 aliphatic heterocycles. The van der Waals surface area contributed by atoms with Gasteiger partial charge in [-0.2, -0.15) is 0 Å². The van der Waals surface area contributed by atoms with E-state index in [1.807, 2.05) is 18.2 Å². The average Bonchev–Trinajstić information content (AvgIpc) is 2.65. The van der Waals surface area contributed by atoms with E-state index >= 15 is 0 Å². The number of aliphatic hydroxyl groups is 2. The number of rotatable bonds is 5. The Morgan fingerprint density at radius 2 is 2.24 bits per heavy atom. The van der Waals surface area contributed by atoms with Crippen molar-refractivity contribution in [3.8, 4) is 11.5 Å². The number of fused-ring (bicyclic) bond motifs is 1. The molecular weight excluding hydrogens is 322 g/mol. The molecule has 0 unspecified atom stereocenters. The van der Waals surface area contributed by atoms with Crippen molar-refractivity contribution < 1.29 is 15.0 Å². The summed E-state index contributed by atoms with van der Waals surface area (Å²) < 4.78 is 0. The molecule has 3 N–H and O–H groups in total. The summed E-state index contributed by atoms with van der Waals surface area (Å²) >= 11 is 0. The molecular formula is C17H21N5O3. The first kappa shape index (κ1) is 17.2. The maximum Gasteiger partial charge on any atom is 0.219 e. The number of pyridine rings is 1. The van der Waals surface area contributed by atoms with Gasteiger partial charge in [-0.15, -0.1) is 0 Å². The molecule has 0 radical (unpaired) electrons. The highest BCUT2D eigenvalue weighted by Gasteiger charge is 2.24. The number of aliphatic hydroxyl groups excluding tert-OH is 2. The van der Waals surface area contributed by atoms with Crippen LogP contribution in [0.1, 0.15) is 18.2 Å². The minimum absolute atomic E-state index is 0.00820. The Labute approximate surface area is 145 Å². The molecule has 8 nitrogen and oxygen atoms in total. The Morgan fingerprint density at radius 3 is 2.92 bits per heavy atom. The zero-order chi connectivity index (χ0) is 17.8. The number of carbonyl (C=O) groups excluding carboxylic acids is 1. The van der Waals surface area contributed by atoms with Crippen LogP contribution < -0.4 is 5.32 Å². The summed E-state index contributed by atoms with van der Waals surface area (Å²) in [5.74, 6) is 1.08. The third-order valence-electron chi connectivity index (χ3n) is 4.12. The molecule has 3 heterocycles. The lowest BCUT2D eigenvalue weighted by Crippen LogP contribution is -2.36. The second-order valence-electron chi connectivity index (χ2n) is 5.94. The molecule has 2 aromatic heterocycles. The molecule has 0 aliphatic carbocycles. The van der Waals surface area contributed by atoms with Crippen molar-refractivity contribution in [3.05, 3.63) is 35.7 Å². The summed E-state index contributed by atoms with van der Waals surface area (Å²) in [5, 5.41) is 21.7. The van der Waals surface area contributed by atoms with Gasteiger partial charge < -0.3 is 20.4 Å². The molecule has 3 rings (SSSR count). The van der Waals surface area contributed by atoms with E-state index in [1.54, 1.807) is 18.0 Å². The van der Waals surface area contributed by atoms with Crippen LogP contribution in [0.3, 0.4) is 0 Å². The lowest BCUT2D eigenvalue weighted by molar-refractivity contribution is -0.129. The van der Waals surface area contributed by atoms with E-state index in [-0.39, 0.29) is 19.1 Å². The molecule has 0 fully saturated rings. The Morgan fingerprint density at radius 1 is 1.40 bits per heavy atom. The summed E-state index contributed by atoms with van der Waals surface area (Å²) in [4.78, 5) is 26.9. The van der Waals surface area contributed by atoms with Crippen molar-refractivity contribution in [2.45, 2.75) is 26.0 Å². The van der Waals surface area contributed by atoms with Crippen LogP contribution in [-0.2, 0) is 17.8 Å². The molecule has 1 aliphatic rings. The zero-order valence-corrected chi connectivity index (χ0v) is 14.0. The molecule has 1 atom stereocenters. The smallest absolute Gasteiger partial charge is 0.219 e. The van der Waals surface area contributed by atoms with Gasteiger partial charge in [-0.25, -0.2) is 9.97 Å². The molecule has 2 aromatic rings. The van der Waals surface area contributed by atoms with E-state index in [9.17, 15) is 9.90 Å². The van der Waals surface area contributed by atoms with E-state index < -0.39 is 6.10 Å². The topological polar surface area (TPSA) is 111 Å². The minimum Gasteiger partial charge on any atom is -0.394 e. The molecule has 0 bridgehead atoms. The van der Waals surface area contributed by atoms with E-state index in [0.717, 1.165) is 11.3 Å². The van der Waals surface area contributed by atoms with Crippen molar-refractivity contribution >= 4 is 11.7 Å². The number of nitrogens with zero attached hydrogens (tertiary/aromatic N) is 4. The summed E-state index contributed by atoms with van der Waals surface area (Å²) in [6.07, 6.45) is 1.43. The number of hydrogen-bond donors (Lipinski definition) is 3. The fraction of sp³-hybridized carbons (Fsp3) is 0.412. The second-order valence-corrected chi connectivity index (χ2v) is 5.94. The summed E-state index contributed by atoms with van der Waals surface area (Å²) in [6, 6.07) is 5.49. The highest BCUT2D eigenvalue weighted by Crippen LogP contribution is 2.26. The van der Waals surface area contributed by atoms with Gasteiger partial charge in [0.15, 0.2) is 5.82 Å². The van der Waals surface area contributed by atoms with Gasteiger partial charge in [0.1, 0.15) is 11.5 Å². The van der Waals surface area contributed by atoms with Crippen LogP contribution in [0.25, 0.3) is 11.5 Å². The van der Waals surface area contributed by atoms with E-state index in [4.69, 9.17) is 5.11 Å². The molecule has 0 saturated heterocycles. The normalized spacial score (nSPS) is 14.8. The number of hydrogen-bond acceptors (Lipinski definition) is 7. The van der Waals surface area contributed by atoms with Gasteiger partial charge in [0.2, 0.25) is 5.91 Å². The van der Waals surface area contributed by atoms with Gasteiger partial charge in [-0.3, -0.25) is 9.78 Å². The van der Waals surface area contributed by atoms with E-state index in [1.165, 1.54) is 0 Å². The number of nitrogens with one attached hydrogen (secondary N) is 1. The quantitative estimate of drug-likeness (QED) is 0.711. The van der Waals surface area contributed by atoms with Crippen LogP contribution in [0.5, 0.6) is 0 Å². The molecule has 0 spiro atoms. The number of carbonyl (C=O) groups is 1. The fourth-order valence-corrected chi connectivity index (χ4v) is 2.73. The number of amides is 1. The monoisotopic (exact) mass is 343 g/mol. The summed E-state index contributed by atoms with van der Waals surface area (Å²) in [7, 11) is 0.